The molecule has 2 aliphatic rings. The van der Waals surface area contributed by atoms with Gasteiger partial charge in [0.2, 0.25) is 5.91 Å². The van der Waals surface area contributed by atoms with E-state index in [1.807, 2.05) is 13.8 Å². The Morgan fingerprint density at radius 3 is 2.88 bits per heavy atom. The third-order valence-corrected chi connectivity index (χ3v) is 6.37. The van der Waals surface area contributed by atoms with Crippen molar-refractivity contribution in [3.8, 4) is 0 Å². The summed E-state index contributed by atoms with van der Waals surface area (Å²) in [4.78, 5) is 13.9. The van der Waals surface area contributed by atoms with Crippen LogP contribution in [-0.4, -0.2) is 17.5 Å². The van der Waals surface area contributed by atoms with E-state index in [0.29, 0.717) is 12.0 Å². The standard InChI is InChI=1S/C20H28N2OS/c1-14-8-6-12-17(14)21-19(23)20(2,3)22-24-18-13-7-10-15-9-4-5-11-16(15)18/h5,7,10-11,13-14,17,22H,4,6,8-9,12H2,1-3H3,(H,21,23). The van der Waals surface area contributed by atoms with Crippen LogP contribution in [0.3, 0.4) is 0 Å². The van der Waals surface area contributed by atoms with Crippen LogP contribution in [0.25, 0.3) is 6.08 Å². The Morgan fingerprint density at radius 1 is 1.29 bits per heavy atom. The summed E-state index contributed by atoms with van der Waals surface area (Å²) in [6.07, 6.45) is 10.2. The number of carbonyl (C=O) groups is 1. The Balaban J connectivity index is 1.63. The first-order chi connectivity index (χ1) is 11.5. The molecule has 4 heteroatoms. The zero-order chi connectivity index (χ0) is 17.2. The Bertz CT molecular complexity index is 639. The lowest BCUT2D eigenvalue weighted by Gasteiger charge is -2.28. The smallest absolute Gasteiger partial charge is 0.240 e. The van der Waals surface area contributed by atoms with Gasteiger partial charge in [0.25, 0.3) is 0 Å². The van der Waals surface area contributed by atoms with Crippen LogP contribution in [0.15, 0.2) is 29.2 Å². The van der Waals surface area contributed by atoms with Crippen molar-refractivity contribution in [3.05, 3.63) is 35.4 Å². The van der Waals surface area contributed by atoms with Gasteiger partial charge in [-0.2, -0.15) is 0 Å². The molecule has 3 rings (SSSR count). The van der Waals surface area contributed by atoms with E-state index in [9.17, 15) is 4.79 Å². The fourth-order valence-corrected chi connectivity index (χ4v) is 4.38. The molecule has 130 valence electrons. The lowest BCUT2D eigenvalue weighted by atomic mass is 9.98. The molecule has 2 aliphatic carbocycles. The highest BCUT2D eigenvalue weighted by Crippen LogP contribution is 2.30. The van der Waals surface area contributed by atoms with Crippen molar-refractivity contribution in [2.45, 2.75) is 69.4 Å². The fraction of sp³-hybridized carbons (Fsp3) is 0.550. The lowest BCUT2D eigenvalue weighted by molar-refractivity contribution is -0.126. The Kier molecular flexibility index (Phi) is 5.36. The molecule has 2 atom stereocenters. The molecule has 2 unspecified atom stereocenters. The van der Waals surface area contributed by atoms with Crippen molar-refractivity contribution in [2.24, 2.45) is 5.92 Å². The average molecular weight is 345 g/mol. The summed E-state index contributed by atoms with van der Waals surface area (Å²) in [7, 11) is 0. The van der Waals surface area contributed by atoms with Gasteiger partial charge < -0.3 is 5.32 Å². The van der Waals surface area contributed by atoms with Crippen molar-refractivity contribution in [3.63, 3.8) is 0 Å². The van der Waals surface area contributed by atoms with Crippen molar-refractivity contribution >= 4 is 23.9 Å². The fourth-order valence-electron chi connectivity index (χ4n) is 3.46. The molecule has 0 aromatic heterocycles. The number of rotatable bonds is 5. The van der Waals surface area contributed by atoms with Crippen LogP contribution in [-0.2, 0) is 11.2 Å². The number of benzene rings is 1. The van der Waals surface area contributed by atoms with Gasteiger partial charge in [-0.15, -0.1) is 0 Å². The molecular formula is C20H28N2OS. The summed E-state index contributed by atoms with van der Waals surface area (Å²) < 4.78 is 3.38. The van der Waals surface area contributed by atoms with E-state index in [4.69, 9.17) is 0 Å². The van der Waals surface area contributed by atoms with Gasteiger partial charge in [-0.1, -0.05) is 37.6 Å². The molecule has 1 fully saturated rings. The molecule has 0 heterocycles. The maximum Gasteiger partial charge on any atom is 0.240 e. The summed E-state index contributed by atoms with van der Waals surface area (Å²) in [5.74, 6) is 0.678. The molecule has 0 bridgehead atoms. The van der Waals surface area contributed by atoms with Gasteiger partial charge in [-0.05, 0) is 74.6 Å². The van der Waals surface area contributed by atoms with Crippen molar-refractivity contribution < 1.29 is 4.79 Å². The monoisotopic (exact) mass is 344 g/mol. The Hall–Kier alpha value is -1.26. The largest absolute Gasteiger partial charge is 0.351 e. The number of aryl methyl sites for hydroxylation is 1. The van der Waals surface area contributed by atoms with E-state index in [0.717, 1.165) is 19.3 Å². The highest BCUT2D eigenvalue weighted by Gasteiger charge is 2.32. The third kappa shape index (κ3) is 3.86. The van der Waals surface area contributed by atoms with Gasteiger partial charge in [-0.25, -0.2) is 4.72 Å². The number of allylic oxidation sites excluding steroid dienone is 1. The van der Waals surface area contributed by atoms with Crippen LogP contribution in [0.4, 0.5) is 0 Å². The first-order valence-corrected chi connectivity index (χ1v) is 9.82. The van der Waals surface area contributed by atoms with E-state index < -0.39 is 5.54 Å². The van der Waals surface area contributed by atoms with Gasteiger partial charge in [-0.3, -0.25) is 4.79 Å². The van der Waals surface area contributed by atoms with E-state index in [1.165, 1.54) is 28.9 Å². The second-order valence-electron chi connectivity index (χ2n) is 7.59. The summed E-state index contributed by atoms with van der Waals surface area (Å²) in [5.41, 5.74) is 2.09. The molecular weight excluding hydrogens is 316 g/mol. The van der Waals surface area contributed by atoms with Gasteiger partial charge in [0.15, 0.2) is 0 Å². The van der Waals surface area contributed by atoms with E-state index in [-0.39, 0.29) is 5.91 Å². The molecule has 0 radical (unpaired) electrons. The van der Waals surface area contributed by atoms with Crippen LogP contribution in [0, 0.1) is 5.92 Å². The molecule has 24 heavy (non-hydrogen) atoms. The van der Waals surface area contributed by atoms with Crippen LogP contribution in [0.5, 0.6) is 0 Å². The van der Waals surface area contributed by atoms with Crippen LogP contribution in [0.2, 0.25) is 0 Å². The molecule has 2 N–H and O–H groups in total. The Morgan fingerprint density at radius 2 is 2.12 bits per heavy atom. The second kappa shape index (κ2) is 7.32. The van der Waals surface area contributed by atoms with Gasteiger partial charge in [0, 0.05) is 10.9 Å². The number of nitrogens with one attached hydrogen (secondary N) is 2. The SMILES string of the molecule is CC1CCCC1NC(=O)C(C)(C)NSc1cccc2c1C=CCC2. The van der Waals surface area contributed by atoms with Crippen molar-refractivity contribution in [2.75, 3.05) is 0 Å². The minimum atomic E-state index is -0.603. The van der Waals surface area contributed by atoms with Crippen LogP contribution < -0.4 is 10.0 Å². The minimum absolute atomic E-state index is 0.0918. The van der Waals surface area contributed by atoms with Gasteiger partial charge >= 0.3 is 0 Å². The first kappa shape index (κ1) is 17.6. The highest BCUT2D eigenvalue weighted by atomic mass is 32.2. The second-order valence-corrected chi connectivity index (χ2v) is 8.44. The number of fused-ring (bicyclic) bond motifs is 1. The Labute approximate surface area is 149 Å². The molecule has 1 saturated carbocycles. The zero-order valence-electron chi connectivity index (χ0n) is 14.9. The molecule has 1 amide bonds. The average Bonchev–Trinajstić information content (AvgIpc) is 2.98. The summed E-state index contributed by atoms with van der Waals surface area (Å²) >= 11 is 1.57. The van der Waals surface area contributed by atoms with Crippen molar-refractivity contribution in [1.82, 2.24) is 10.0 Å². The maximum atomic E-state index is 12.7. The topological polar surface area (TPSA) is 41.1 Å². The first-order valence-electron chi connectivity index (χ1n) is 9.01. The van der Waals surface area contributed by atoms with Gasteiger partial charge in [0.1, 0.15) is 5.54 Å². The summed E-state index contributed by atoms with van der Waals surface area (Å²) in [6.45, 7) is 6.15. The maximum absolute atomic E-state index is 12.7. The van der Waals surface area contributed by atoms with Gasteiger partial charge in [0.05, 0.1) is 0 Å². The molecule has 3 nitrogen and oxygen atoms in total. The quantitative estimate of drug-likeness (QED) is 0.781. The summed E-state index contributed by atoms with van der Waals surface area (Å²) in [6, 6.07) is 6.76. The predicted octanol–water partition coefficient (Wildman–Crippen LogP) is 4.33. The number of amides is 1. The third-order valence-electron chi connectivity index (χ3n) is 5.18. The van der Waals surface area contributed by atoms with E-state index in [1.54, 1.807) is 11.9 Å². The van der Waals surface area contributed by atoms with E-state index >= 15 is 0 Å². The van der Waals surface area contributed by atoms with Crippen molar-refractivity contribution in [1.29, 1.82) is 0 Å². The molecule has 0 spiro atoms. The van der Waals surface area contributed by atoms with Crippen LogP contribution >= 0.6 is 11.9 Å². The zero-order valence-corrected chi connectivity index (χ0v) is 15.7. The molecule has 0 aliphatic heterocycles. The number of hydrogen-bond acceptors (Lipinski definition) is 3. The lowest BCUT2D eigenvalue weighted by Crippen LogP contribution is -2.53. The summed E-state index contributed by atoms with van der Waals surface area (Å²) in [5, 5.41) is 3.24. The highest BCUT2D eigenvalue weighted by molar-refractivity contribution is 7.97. The number of carbonyl (C=O) groups excluding carboxylic acids is 1. The molecule has 1 aromatic rings. The van der Waals surface area contributed by atoms with E-state index in [2.05, 4.69) is 47.3 Å². The molecule has 0 saturated heterocycles. The minimum Gasteiger partial charge on any atom is -0.351 e. The van der Waals surface area contributed by atoms with Crippen LogP contribution in [0.1, 0.15) is 57.6 Å². The molecule has 1 aromatic carbocycles. The number of hydrogen-bond donors (Lipinski definition) is 2. The normalized spacial score (nSPS) is 23.1. The predicted molar refractivity (Wildman–Crippen MR) is 102 cm³/mol.